The number of rotatable bonds is 3. The van der Waals surface area contributed by atoms with E-state index in [1.807, 2.05) is 41.3 Å². The Balaban J connectivity index is 1.63. The summed E-state index contributed by atoms with van der Waals surface area (Å²) in [6.45, 7) is 0. The molecule has 31 heavy (non-hydrogen) atoms. The van der Waals surface area contributed by atoms with Gasteiger partial charge in [-0.25, -0.2) is 4.68 Å². The smallest absolute Gasteiger partial charge is 0.227 e. The van der Waals surface area contributed by atoms with Gasteiger partial charge in [0.2, 0.25) is 11.1 Å². The molecule has 6 rings (SSSR count). The van der Waals surface area contributed by atoms with Gasteiger partial charge in [0.05, 0.1) is 5.70 Å². The maximum atomic E-state index is 6.64. The van der Waals surface area contributed by atoms with Crippen LogP contribution in [0.2, 0.25) is 0 Å². The summed E-state index contributed by atoms with van der Waals surface area (Å²) >= 11 is 6.89. The van der Waals surface area contributed by atoms with Crippen molar-refractivity contribution in [1.29, 1.82) is 0 Å². The summed E-state index contributed by atoms with van der Waals surface area (Å²) < 4.78 is 9.66. The number of nitrogens with one attached hydrogen (secondary N) is 1. The van der Waals surface area contributed by atoms with Gasteiger partial charge >= 0.3 is 0 Å². The Morgan fingerprint density at radius 2 is 2.03 bits per heavy atom. The molecule has 4 aromatic rings. The molecule has 0 radical (unpaired) electrons. The highest BCUT2D eigenvalue weighted by Crippen LogP contribution is 2.51. The summed E-state index contributed by atoms with van der Waals surface area (Å²) in [4.78, 5) is 5.94. The summed E-state index contributed by atoms with van der Waals surface area (Å²) in [7, 11) is 0. The van der Waals surface area contributed by atoms with E-state index in [4.69, 9.17) is 14.8 Å². The number of benzene rings is 2. The van der Waals surface area contributed by atoms with E-state index in [9.17, 15) is 0 Å². The zero-order chi connectivity index (χ0) is 20.9. The maximum Gasteiger partial charge on any atom is 0.227 e. The summed E-state index contributed by atoms with van der Waals surface area (Å²) in [5.74, 6) is 1.62. The second kappa shape index (κ2) is 7.55. The summed E-state index contributed by atoms with van der Waals surface area (Å²) in [6, 6.07) is 20.6. The van der Waals surface area contributed by atoms with Crippen LogP contribution in [0.3, 0.4) is 0 Å². The van der Waals surface area contributed by atoms with Crippen molar-refractivity contribution >= 4 is 50.7 Å². The normalized spacial score (nSPS) is 19.2. The molecular formula is C23H17BrN4OS2. The van der Waals surface area contributed by atoms with E-state index in [1.54, 1.807) is 23.1 Å². The van der Waals surface area contributed by atoms with Gasteiger partial charge < -0.3 is 10.1 Å². The van der Waals surface area contributed by atoms with Gasteiger partial charge in [-0.2, -0.15) is 4.98 Å². The molecule has 8 heteroatoms. The number of fused-ring (bicyclic) bond motifs is 3. The Morgan fingerprint density at radius 1 is 1.13 bits per heavy atom. The quantitative estimate of drug-likeness (QED) is 0.325. The molecule has 2 atom stereocenters. The number of halogens is 1. The minimum atomic E-state index is -0.253. The number of thiophene rings is 1. The molecule has 5 nitrogen and oxygen atoms in total. The molecule has 4 heterocycles. The second-order valence-electron chi connectivity index (χ2n) is 7.29. The third kappa shape index (κ3) is 3.12. The van der Waals surface area contributed by atoms with Crippen molar-refractivity contribution in [3.63, 3.8) is 0 Å². The predicted molar refractivity (Wildman–Crippen MR) is 129 cm³/mol. The molecule has 2 aromatic heterocycles. The van der Waals surface area contributed by atoms with Gasteiger partial charge in [-0.05, 0) is 47.5 Å². The van der Waals surface area contributed by atoms with Gasteiger partial charge in [-0.15, -0.1) is 16.4 Å². The van der Waals surface area contributed by atoms with Crippen molar-refractivity contribution in [3.05, 3.63) is 92.1 Å². The minimum absolute atomic E-state index is 0.100. The Kier molecular flexibility index (Phi) is 4.66. The molecule has 0 aliphatic carbocycles. The van der Waals surface area contributed by atoms with Gasteiger partial charge in [0.25, 0.3) is 0 Å². The lowest BCUT2D eigenvalue weighted by Crippen LogP contribution is -2.32. The average molecular weight is 509 g/mol. The molecule has 0 fully saturated rings. The van der Waals surface area contributed by atoms with Crippen molar-refractivity contribution in [2.75, 3.05) is 11.6 Å². The Labute approximate surface area is 196 Å². The SMILES string of the molecule is CSc1nc2n(n1)C(c1cccs1)C1=C(N2)c2ccccc2OC1c1cccc(Br)c1. The van der Waals surface area contributed by atoms with Crippen LogP contribution < -0.4 is 10.1 Å². The van der Waals surface area contributed by atoms with E-state index in [0.717, 1.165) is 43.7 Å². The standard InChI is InChI=1S/C23H17BrN4OS2/c1-30-23-26-22-25-19-15-8-2-3-9-16(15)29-21(13-6-4-7-14(24)12-13)18(19)20(28(22)27-23)17-10-5-11-31-17/h2-12,20-21H,1H3,(H,25,26,27). The fraction of sp³-hybridized carbons (Fsp3) is 0.130. The number of anilines is 1. The number of hydrogen-bond donors (Lipinski definition) is 1. The van der Waals surface area contributed by atoms with Crippen molar-refractivity contribution in [3.8, 4) is 5.75 Å². The van der Waals surface area contributed by atoms with Crippen LogP contribution in [0.25, 0.3) is 5.70 Å². The molecule has 2 aliphatic rings. The molecule has 154 valence electrons. The van der Waals surface area contributed by atoms with Crippen molar-refractivity contribution in [2.24, 2.45) is 0 Å². The average Bonchev–Trinajstić information content (AvgIpc) is 3.47. The van der Waals surface area contributed by atoms with E-state index in [-0.39, 0.29) is 12.1 Å². The minimum Gasteiger partial charge on any atom is -0.480 e. The van der Waals surface area contributed by atoms with Crippen molar-refractivity contribution < 1.29 is 4.74 Å². The number of thioether (sulfide) groups is 1. The van der Waals surface area contributed by atoms with Crippen LogP contribution in [0.4, 0.5) is 5.95 Å². The molecule has 1 N–H and O–H groups in total. The monoisotopic (exact) mass is 508 g/mol. The Morgan fingerprint density at radius 3 is 2.84 bits per heavy atom. The molecule has 2 aromatic carbocycles. The van der Waals surface area contributed by atoms with Crippen LogP contribution in [0.15, 0.2) is 81.2 Å². The molecular weight excluding hydrogens is 492 g/mol. The second-order valence-corrected chi connectivity index (χ2v) is 9.96. The molecule has 2 aliphatic heterocycles. The highest BCUT2D eigenvalue weighted by atomic mass is 79.9. The van der Waals surface area contributed by atoms with E-state index >= 15 is 0 Å². The maximum absolute atomic E-state index is 6.64. The number of aromatic nitrogens is 3. The molecule has 0 bridgehead atoms. The molecule has 0 spiro atoms. The zero-order valence-corrected chi connectivity index (χ0v) is 19.7. The number of hydrogen-bond acceptors (Lipinski definition) is 6. The topological polar surface area (TPSA) is 52.0 Å². The van der Waals surface area contributed by atoms with Gasteiger partial charge in [0.1, 0.15) is 17.9 Å². The van der Waals surface area contributed by atoms with Gasteiger partial charge in [-0.3, -0.25) is 0 Å². The van der Waals surface area contributed by atoms with Gasteiger partial charge in [0, 0.05) is 20.5 Å². The van der Waals surface area contributed by atoms with E-state index in [0.29, 0.717) is 0 Å². The third-order valence-corrected chi connectivity index (χ3v) is 7.46. The van der Waals surface area contributed by atoms with Crippen LogP contribution in [0.5, 0.6) is 5.75 Å². The summed E-state index contributed by atoms with van der Waals surface area (Å²) in [5.41, 5.74) is 4.33. The van der Waals surface area contributed by atoms with E-state index < -0.39 is 0 Å². The first-order chi connectivity index (χ1) is 15.2. The Hall–Kier alpha value is -2.55. The van der Waals surface area contributed by atoms with Crippen LogP contribution in [0, 0.1) is 0 Å². The highest BCUT2D eigenvalue weighted by Gasteiger charge is 2.41. The largest absolute Gasteiger partial charge is 0.480 e. The zero-order valence-electron chi connectivity index (χ0n) is 16.4. The molecule has 0 saturated carbocycles. The lowest BCUT2D eigenvalue weighted by Gasteiger charge is -2.38. The van der Waals surface area contributed by atoms with Crippen molar-refractivity contribution in [1.82, 2.24) is 14.8 Å². The lowest BCUT2D eigenvalue weighted by molar-refractivity contribution is 0.223. The van der Waals surface area contributed by atoms with Crippen molar-refractivity contribution in [2.45, 2.75) is 17.3 Å². The van der Waals surface area contributed by atoms with Crippen LogP contribution >= 0.6 is 39.0 Å². The van der Waals surface area contributed by atoms with Gasteiger partial charge in [-0.1, -0.05) is 58.0 Å². The van der Waals surface area contributed by atoms with E-state index in [2.05, 4.69) is 57.0 Å². The Bertz CT molecular complexity index is 1310. The number of ether oxygens (including phenoxy) is 1. The van der Waals surface area contributed by atoms with E-state index in [1.165, 1.54) is 4.88 Å². The first-order valence-corrected chi connectivity index (χ1v) is 12.7. The fourth-order valence-electron chi connectivity index (χ4n) is 4.21. The highest BCUT2D eigenvalue weighted by molar-refractivity contribution is 9.10. The first-order valence-electron chi connectivity index (χ1n) is 9.79. The summed E-state index contributed by atoms with van der Waals surface area (Å²) in [5, 5.41) is 11.3. The number of para-hydroxylation sites is 1. The first kappa shape index (κ1) is 19.2. The lowest BCUT2D eigenvalue weighted by atomic mass is 9.87. The fourth-order valence-corrected chi connectivity index (χ4v) is 5.80. The molecule has 2 unspecified atom stereocenters. The molecule has 0 amide bonds. The predicted octanol–water partition coefficient (Wildman–Crippen LogP) is 6.38. The third-order valence-electron chi connectivity index (χ3n) is 5.51. The van der Waals surface area contributed by atoms with Crippen LogP contribution in [-0.4, -0.2) is 21.0 Å². The summed E-state index contributed by atoms with van der Waals surface area (Å²) in [6.07, 6.45) is 1.74. The van der Waals surface area contributed by atoms with Crippen LogP contribution in [-0.2, 0) is 0 Å². The van der Waals surface area contributed by atoms with Gasteiger partial charge in [0.15, 0.2) is 0 Å². The molecule has 0 saturated heterocycles. The number of nitrogens with zero attached hydrogens (tertiary/aromatic N) is 3. The van der Waals surface area contributed by atoms with Crippen LogP contribution in [0.1, 0.15) is 28.1 Å².